The van der Waals surface area contributed by atoms with Gasteiger partial charge < -0.3 is 9.80 Å². The molecule has 4 nitrogen and oxygen atoms in total. The van der Waals surface area contributed by atoms with E-state index in [1.54, 1.807) is 0 Å². The number of aromatic nitrogens is 2. The molecule has 0 atom stereocenters. The van der Waals surface area contributed by atoms with Crippen LogP contribution in [0.25, 0.3) is 28.2 Å². The van der Waals surface area contributed by atoms with Crippen LogP contribution in [0, 0.1) is 18.8 Å². The molecule has 1 aromatic heterocycles. The van der Waals surface area contributed by atoms with E-state index >= 15 is 0 Å². The zero-order valence-electron chi connectivity index (χ0n) is 32.5. The van der Waals surface area contributed by atoms with E-state index in [1.807, 2.05) is 30.3 Å². The number of hydrogen-bond acceptors (Lipinski definition) is 3. The zero-order valence-corrected chi connectivity index (χ0v) is 35.8. The second-order valence-corrected chi connectivity index (χ2v) is 17.9. The Kier molecular flexibility index (Phi) is 12.0. The van der Waals surface area contributed by atoms with Crippen molar-refractivity contribution in [3.8, 4) is 28.2 Å². The SMILES string of the molecule is CN1[CH-]N(c2[c-]cccc2)c2ccccc21.[Pt].[c-]1ccccc1-c1nn(-c2ccccc2)c(-c2ccccc2)c1[Si](c1ccccc1)(c1ccccc1)c1ccccc1. The van der Waals surface area contributed by atoms with Gasteiger partial charge in [0.25, 0.3) is 0 Å². The average Bonchev–Trinajstić information content (AvgIpc) is 3.88. The third-order valence-electron chi connectivity index (χ3n) is 10.7. The third-order valence-corrected chi connectivity index (χ3v) is 15.5. The first-order valence-electron chi connectivity index (χ1n) is 19.5. The number of fused-ring (bicyclic) bond motifs is 1. The minimum atomic E-state index is -2.97. The molecule has 1 aliphatic rings. The van der Waals surface area contributed by atoms with Gasteiger partial charge in [-0.3, -0.25) is 0 Å². The molecule has 0 saturated heterocycles. The Balaban J connectivity index is 0.000000238. The maximum atomic E-state index is 5.49. The quantitative estimate of drug-likeness (QED) is 0.0863. The van der Waals surface area contributed by atoms with Gasteiger partial charge in [0, 0.05) is 38.1 Å². The molecule has 0 bridgehead atoms. The molecule has 8 aromatic carbocycles. The Bertz CT molecular complexity index is 2600. The first-order valence-corrected chi connectivity index (χ1v) is 21.5. The molecule has 0 amide bonds. The first-order chi connectivity index (χ1) is 28.7. The van der Waals surface area contributed by atoms with Crippen molar-refractivity contribution in [3.05, 3.63) is 243 Å². The molecular formula is C53H41N4PtSi-3. The fraction of sp³-hybridized carbons (Fsp3) is 0.0189. The minimum Gasteiger partial charge on any atom is -0.504 e. The molecular weight excluding hydrogens is 916 g/mol. The molecule has 290 valence electrons. The predicted molar refractivity (Wildman–Crippen MR) is 243 cm³/mol. The summed E-state index contributed by atoms with van der Waals surface area (Å²) in [6, 6.07) is 85.7. The van der Waals surface area contributed by atoms with E-state index in [0.717, 1.165) is 33.9 Å². The molecule has 0 unspecified atom stereocenters. The van der Waals surface area contributed by atoms with Gasteiger partial charge in [-0.15, -0.1) is 41.6 Å². The normalized spacial score (nSPS) is 11.9. The topological polar surface area (TPSA) is 24.3 Å². The predicted octanol–water partition coefficient (Wildman–Crippen LogP) is 9.58. The zero-order chi connectivity index (χ0) is 39.2. The number of benzene rings is 8. The van der Waals surface area contributed by atoms with Gasteiger partial charge in [-0.1, -0.05) is 152 Å². The number of hydrogen-bond donors (Lipinski definition) is 0. The summed E-state index contributed by atoms with van der Waals surface area (Å²) in [5.74, 6) is 0. The summed E-state index contributed by atoms with van der Waals surface area (Å²) in [7, 11) is -0.913. The smallest absolute Gasteiger partial charge is 0.174 e. The maximum absolute atomic E-state index is 5.49. The average molecular weight is 957 g/mol. The van der Waals surface area contributed by atoms with Crippen LogP contribution < -0.4 is 30.5 Å². The van der Waals surface area contributed by atoms with Gasteiger partial charge in [0.15, 0.2) is 8.07 Å². The number of para-hydroxylation sites is 4. The van der Waals surface area contributed by atoms with Crippen molar-refractivity contribution in [1.82, 2.24) is 9.78 Å². The van der Waals surface area contributed by atoms with Gasteiger partial charge in [-0.25, -0.2) is 9.78 Å². The standard InChI is InChI=1S/C39H29N2Si.C14H12N2.Pt/c1-7-19-31(20-8-1)37-39(38(32-21-9-2-10-22-32)41(40-37)33-23-11-3-12-24-33)42(34-25-13-4-14-26-34,35-27-15-5-16-28-35)36-29-17-6-18-30-36;1-15-11-16(12-7-3-2-4-8-12)14-10-6-5-9-13(14)15;/h1-19,21-30H;2-7,9-11H,1H3;/q-1;-2;. The number of rotatable bonds is 8. The number of anilines is 3. The largest absolute Gasteiger partial charge is 0.504 e. The van der Waals surface area contributed by atoms with Gasteiger partial charge in [-0.2, -0.15) is 37.0 Å². The van der Waals surface area contributed by atoms with E-state index in [1.165, 1.54) is 32.1 Å². The van der Waals surface area contributed by atoms with Crippen LogP contribution in [0.4, 0.5) is 17.1 Å². The van der Waals surface area contributed by atoms with Gasteiger partial charge in [0.2, 0.25) is 0 Å². The van der Waals surface area contributed by atoms with E-state index < -0.39 is 8.07 Å². The van der Waals surface area contributed by atoms with E-state index in [4.69, 9.17) is 5.10 Å². The molecule has 0 saturated carbocycles. The molecule has 0 radical (unpaired) electrons. The summed E-state index contributed by atoms with van der Waals surface area (Å²) in [5.41, 5.74) is 8.70. The first kappa shape index (κ1) is 39.3. The van der Waals surface area contributed by atoms with Crippen molar-refractivity contribution in [2.45, 2.75) is 0 Å². The van der Waals surface area contributed by atoms with Crippen LogP contribution in [0.5, 0.6) is 0 Å². The Labute approximate surface area is 363 Å². The molecule has 0 N–H and O–H groups in total. The van der Waals surface area contributed by atoms with Crippen molar-refractivity contribution in [2.75, 3.05) is 16.8 Å². The van der Waals surface area contributed by atoms with E-state index in [-0.39, 0.29) is 21.1 Å². The molecule has 1 aliphatic heterocycles. The molecule has 2 heterocycles. The Morgan fingerprint density at radius 1 is 0.492 bits per heavy atom. The summed E-state index contributed by atoms with van der Waals surface area (Å²) in [6.45, 7) is 2.08. The molecule has 59 heavy (non-hydrogen) atoms. The van der Waals surface area contributed by atoms with Crippen LogP contribution in [0.3, 0.4) is 0 Å². The van der Waals surface area contributed by atoms with E-state index in [9.17, 15) is 0 Å². The van der Waals surface area contributed by atoms with Gasteiger partial charge in [0.05, 0.1) is 11.4 Å². The molecule has 0 aliphatic carbocycles. The third kappa shape index (κ3) is 7.63. The summed E-state index contributed by atoms with van der Waals surface area (Å²) in [6.07, 6.45) is 0. The summed E-state index contributed by atoms with van der Waals surface area (Å²) in [4.78, 5) is 4.27. The molecule has 9 aromatic rings. The summed E-state index contributed by atoms with van der Waals surface area (Å²) in [5, 5.41) is 10.7. The van der Waals surface area contributed by atoms with Crippen LogP contribution in [0.1, 0.15) is 0 Å². The van der Waals surface area contributed by atoms with Crippen LogP contribution in [-0.2, 0) is 21.1 Å². The van der Waals surface area contributed by atoms with E-state index in [2.05, 4.69) is 234 Å². The van der Waals surface area contributed by atoms with Crippen LogP contribution in [0.2, 0.25) is 0 Å². The van der Waals surface area contributed by atoms with Crippen LogP contribution in [-0.4, -0.2) is 24.9 Å². The number of nitrogens with zero attached hydrogens (tertiary/aromatic N) is 4. The second kappa shape index (κ2) is 18.0. The van der Waals surface area contributed by atoms with Gasteiger partial charge in [-0.05, 0) is 57.6 Å². The fourth-order valence-electron chi connectivity index (χ4n) is 8.11. The maximum Gasteiger partial charge on any atom is 0.174 e. The van der Waals surface area contributed by atoms with Crippen molar-refractivity contribution < 1.29 is 21.1 Å². The van der Waals surface area contributed by atoms with Crippen molar-refractivity contribution in [1.29, 1.82) is 0 Å². The van der Waals surface area contributed by atoms with Crippen molar-refractivity contribution in [2.24, 2.45) is 0 Å². The summed E-state index contributed by atoms with van der Waals surface area (Å²) < 4.78 is 2.15. The molecule has 10 rings (SSSR count). The fourth-order valence-corrected chi connectivity index (χ4v) is 13.2. The van der Waals surface area contributed by atoms with Crippen LogP contribution in [0.15, 0.2) is 224 Å². The van der Waals surface area contributed by atoms with Gasteiger partial charge >= 0.3 is 0 Å². The molecule has 0 spiro atoms. The van der Waals surface area contributed by atoms with Gasteiger partial charge in [0.1, 0.15) is 0 Å². The van der Waals surface area contributed by atoms with E-state index in [0.29, 0.717) is 0 Å². The Morgan fingerprint density at radius 2 is 0.966 bits per heavy atom. The molecule has 0 fully saturated rings. The summed E-state index contributed by atoms with van der Waals surface area (Å²) >= 11 is 0. The Hall–Kier alpha value is -6.52. The van der Waals surface area contributed by atoms with Crippen LogP contribution >= 0.6 is 0 Å². The monoisotopic (exact) mass is 956 g/mol. The van der Waals surface area contributed by atoms with Crippen molar-refractivity contribution >= 4 is 45.9 Å². The Morgan fingerprint density at radius 3 is 1.49 bits per heavy atom. The van der Waals surface area contributed by atoms with Crippen molar-refractivity contribution in [3.63, 3.8) is 0 Å². The second-order valence-electron chi connectivity index (χ2n) is 14.1. The molecule has 6 heteroatoms. The minimum absolute atomic E-state index is 0.